The predicted molar refractivity (Wildman–Crippen MR) is 62.7 cm³/mol. The standard InChI is InChI=1S/C12H16N4/c1-10-3-4-13-5-11(10)6-14-7-12-8-15-9-16(12)2/h3-5,8-9,14H,6-7H2,1-2H3. The lowest BCUT2D eigenvalue weighted by molar-refractivity contribution is 0.652. The van der Waals surface area contributed by atoms with Gasteiger partial charge in [-0.05, 0) is 24.1 Å². The summed E-state index contributed by atoms with van der Waals surface area (Å²) in [5.41, 5.74) is 3.69. The second-order valence-corrected chi connectivity index (χ2v) is 3.90. The minimum absolute atomic E-state index is 0.824. The van der Waals surface area contributed by atoms with Crippen LogP contribution in [0.2, 0.25) is 0 Å². The maximum atomic E-state index is 4.12. The zero-order valence-electron chi connectivity index (χ0n) is 9.64. The molecule has 0 aliphatic carbocycles. The Bertz CT molecular complexity index is 462. The Morgan fingerprint density at radius 3 is 2.81 bits per heavy atom. The molecule has 2 aromatic heterocycles. The second-order valence-electron chi connectivity index (χ2n) is 3.90. The van der Waals surface area contributed by atoms with Crippen LogP contribution < -0.4 is 5.32 Å². The van der Waals surface area contributed by atoms with Gasteiger partial charge < -0.3 is 9.88 Å². The third-order valence-corrected chi connectivity index (χ3v) is 2.69. The molecule has 0 atom stereocenters. The van der Waals surface area contributed by atoms with Crippen LogP contribution in [0.5, 0.6) is 0 Å². The van der Waals surface area contributed by atoms with Crippen LogP contribution in [0.15, 0.2) is 31.0 Å². The van der Waals surface area contributed by atoms with Crippen molar-refractivity contribution in [1.29, 1.82) is 0 Å². The van der Waals surface area contributed by atoms with E-state index in [1.165, 1.54) is 16.8 Å². The maximum Gasteiger partial charge on any atom is 0.0945 e. The van der Waals surface area contributed by atoms with Gasteiger partial charge in [-0.3, -0.25) is 4.98 Å². The lowest BCUT2D eigenvalue weighted by Crippen LogP contribution is -2.15. The molecule has 4 heteroatoms. The van der Waals surface area contributed by atoms with E-state index in [9.17, 15) is 0 Å². The summed E-state index contributed by atoms with van der Waals surface area (Å²) in [5.74, 6) is 0. The molecule has 2 rings (SSSR count). The van der Waals surface area contributed by atoms with E-state index in [1.54, 1.807) is 0 Å². The minimum Gasteiger partial charge on any atom is -0.337 e. The van der Waals surface area contributed by atoms with Crippen LogP contribution in [0.4, 0.5) is 0 Å². The lowest BCUT2D eigenvalue weighted by atomic mass is 10.1. The highest BCUT2D eigenvalue weighted by Gasteiger charge is 1.99. The fourth-order valence-corrected chi connectivity index (χ4v) is 1.56. The Morgan fingerprint density at radius 1 is 1.25 bits per heavy atom. The molecule has 0 radical (unpaired) electrons. The van der Waals surface area contributed by atoms with E-state index in [2.05, 4.69) is 22.2 Å². The molecule has 2 heterocycles. The quantitative estimate of drug-likeness (QED) is 0.840. The van der Waals surface area contributed by atoms with Crippen LogP contribution in [-0.2, 0) is 20.1 Å². The molecule has 0 aliphatic rings. The molecule has 0 spiro atoms. The molecule has 2 aromatic rings. The summed E-state index contributed by atoms with van der Waals surface area (Å²) in [6, 6.07) is 2.03. The van der Waals surface area contributed by atoms with Crippen LogP contribution >= 0.6 is 0 Å². The fraction of sp³-hybridized carbons (Fsp3) is 0.333. The highest BCUT2D eigenvalue weighted by molar-refractivity contribution is 5.21. The van der Waals surface area contributed by atoms with Crippen molar-refractivity contribution in [2.45, 2.75) is 20.0 Å². The number of imidazole rings is 1. The number of rotatable bonds is 4. The van der Waals surface area contributed by atoms with Crippen molar-refractivity contribution in [1.82, 2.24) is 19.9 Å². The van der Waals surface area contributed by atoms with Gasteiger partial charge in [0.05, 0.1) is 12.0 Å². The lowest BCUT2D eigenvalue weighted by Gasteiger charge is -2.07. The normalized spacial score (nSPS) is 10.6. The van der Waals surface area contributed by atoms with Crippen molar-refractivity contribution >= 4 is 0 Å². The van der Waals surface area contributed by atoms with Crippen molar-refractivity contribution < 1.29 is 0 Å². The van der Waals surface area contributed by atoms with E-state index in [-0.39, 0.29) is 0 Å². The average Bonchev–Trinajstić information content (AvgIpc) is 2.67. The van der Waals surface area contributed by atoms with Crippen molar-refractivity contribution in [2.75, 3.05) is 0 Å². The Kier molecular flexibility index (Phi) is 3.31. The zero-order chi connectivity index (χ0) is 11.4. The van der Waals surface area contributed by atoms with Gasteiger partial charge in [0.15, 0.2) is 0 Å². The highest BCUT2D eigenvalue weighted by Crippen LogP contribution is 2.04. The van der Waals surface area contributed by atoms with Gasteiger partial charge in [-0.1, -0.05) is 0 Å². The summed E-state index contributed by atoms with van der Waals surface area (Å²) in [6.07, 6.45) is 7.42. The smallest absolute Gasteiger partial charge is 0.0945 e. The van der Waals surface area contributed by atoms with Crippen molar-refractivity contribution in [3.05, 3.63) is 47.8 Å². The van der Waals surface area contributed by atoms with Crippen molar-refractivity contribution in [3.8, 4) is 0 Å². The van der Waals surface area contributed by atoms with E-state index in [0.29, 0.717) is 0 Å². The van der Waals surface area contributed by atoms with Crippen molar-refractivity contribution in [2.24, 2.45) is 7.05 Å². The SMILES string of the molecule is Cc1ccncc1CNCc1cncn1C. The molecule has 0 aliphatic heterocycles. The minimum atomic E-state index is 0.824. The topological polar surface area (TPSA) is 42.7 Å². The molecule has 4 nitrogen and oxygen atoms in total. The Balaban J connectivity index is 1.89. The summed E-state index contributed by atoms with van der Waals surface area (Å²) >= 11 is 0. The first kappa shape index (κ1) is 10.8. The summed E-state index contributed by atoms with van der Waals surface area (Å²) in [7, 11) is 2.00. The molecule has 0 unspecified atom stereocenters. The first-order valence-electron chi connectivity index (χ1n) is 5.33. The second kappa shape index (κ2) is 4.90. The van der Waals surface area contributed by atoms with Crippen LogP contribution in [-0.4, -0.2) is 14.5 Å². The van der Waals surface area contributed by atoms with Crippen LogP contribution in [0.25, 0.3) is 0 Å². The monoisotopic (exact) mass is 216 g/mol. The number of pyridine rings is 1. The Hall–Kier alpha value is -1.68. The first-order valence-corrected chi connectivity index (χ1v) is 5.33. The number of hydrogen-bond donors (Lipinski definition) is 1. The van der Waals surface area contributed by atoms with Crippen LogP contribution in [0.1, 0.15) is 16.8 Å². The van der Waals surface area contributed by atoms with E-state index in [1.807, 2.05) is 42.6 Å². The van der Waals surface area contributed by atoms with Crippen LogP contribution in [0.3, 0.4) is 0 Å². The molecule has 0 fully saturated rings. The fourth-order valence-electron chi connectivity index (χ4n) is 1.56. The van der Waals surface area contributed by atoms with E-state index >= 15 is 0 Å². The van der Waals surface area contributed by atoms with Crippen molar-refractivity contribution in [3.63, 3.8) is 0 Å². The molecule has 1 N–H and O–H groups in total. The summed E-state index contributed by atoms with van der Waals surface area (Å²) < 4.78 is 2.02. The number of aryl methyl sites for hydroxylation is 2. The van der Waals surface area contributed by atoms with Gasteiger partial charge in [-0.25, -0.2) is 4.98 Å². The number of nitrogens with zero attached hydrogens (tertiary/aromatic N) is 3. The van der Waals surface area contributed by atoms with E-state index < -0.39 is 0 Å². The van der Waals surface area contributed by atoms with Gasteiger partial charge >= 0.3 is 0 Å². The molecule has 0 amide bonds. The number of hydrogen-bond acceptors (Lipinski definition) is 3. The Morgan fingerprint density at radius 2 is 2.12 bits per heavy atom. The van der Waals surface area contributed by atoms with Gasteiger partial charge in [0.2, 0.25) is 0 Å². The number of aromatic nitrogens is 3. The molecule has 0 saturated heterocycles. The van der Waals surface area contributed by atoms with Gasteiger partial charge in [0.1, 0.15) is 0 Å². The molecule has 16 heavy (non-hydrogen) atoms. The zero-order valence-corrected chi connectivity index (χ0v) is 9.64. The van der Waals surface area contributed by atoms with Gasteiger partial charge in [-0.15, -0.1) is 0 Å². The predicted octanol–water partition coefficient (Wildman–Crippen LogP) is 1.41. The molecular formula is C12H16N4. The average molecular weight is 216 g/mol. The molecule has 0 saturated carbocycles. The third kappa shape index (κ3) is 2.46. The van der Waals surface area contributed by atoms with E-state index in [4.69, 9.17) is 0 Å². The summed E-state index contributed by atoms with van der Waals surface area (Å²) in [4.78, 5) is 8.20. The van der Waals surface area contributed by atoms with Gasteiger partial charge in [-0.2, -0.15) is 0 Å². The Labute approximate surface area is 95.4 Å². The first-order chi connectivity index (χ1) is 7.77. The van der Waals surface area contributed by atoms with Gasteiger partial charge in [0, 0.05) is 38.7 Å². The third-order valence-electron chi connectivity index (χ3n) is 2.69. The largest absolute Gasteiger partial charge is 0.337 e. The van der Waals surface area contributed by atoms with Gasteiger partial charge in [0.25, 0.3) is 0 Å². The van der Waals surface area contributed by atoms with Crippen LogP contribution in [0, 0.1) is 6.92 Å². The number of nitrogens with one attached hydrogen (secondary N) is 1. The maximum absolute atomic E-state index is 4.12. The highest BCUT2D eigenvalue weighted by atomic mass is 15.0. The molecular weight excluding hydrogens is 200 g/mol. The van der Waals surface area contributed by atoms with E-state index in [0.717, 1.165) is 13.1 Å². The molecule has 0 aromatic carbocycles. The summed E-state index contributed by atoms with van der Waals surface area (Å²) in [5, 5.41) is 3.38. The molecule has 0 bridgehead atoms. The summed E-state index contributed by atoms with van der Waals surface area (Å²) in [6.45, 7) is 3.76. The molecule has 84 valence electrons.